The lowest BCUT2D eigenvalue weighted by Crippen LogP contribution is -2.30. The number of carbonyl (C=O) groups is 1. The van der Waals surface area contributed by atoms with Crippen molar-refractivity contribution in [3.8, 4) is 6.07 Å². The average molecular weight is 396 g/mol. The fourth-order valence-corrected chi connectivity index (χ4v) is 4.79. The summed E-state index contributed by atoms with van der Waals surface area (Å²) in [5.41, 5.74) is 3.76. The van der Waals surface area contributed by atoms with E-state index in [1.54, 1.807) is 23.1 Å². The maximum absolute atomic E-state index is 13.2. The molecule has 138 valence electrons. The van der Waals surface area contributed by atoms with Gasteiger partial charge in [0.15, 0.2) is 0 Å². The lowest BCUT2D eigenvalue weighted by molar-refractivity contribution is -0.113. The van der Waals surface area contributed by atoms with E-state index < -0.39 is 0 Å². The van der Waals surface area contributed by atoms with Gasteiger partial charge >= 0.3 is 0 Å². The predicted octanol–water partition coefficient (Wildman–Crippen LogP) is 5.14. The fraction of sp³-hybridized carbons (Fsp3) is 0.238. The summed E-state index contributed by atoms with van der Waals surface area (Å²) in [6.07, 6.45) is 0. The number of carbonyl (C=O) groups excluding carboxylic acids is 1. The molecule has 0 saturated carbocycles. The van der Waals surface area contributed by atoms with E-state index in [-0.39, 0.29) is 11.8 Å². The second-order valence-electron chi connectivity index (χ2n) is 6.17. The SMILES string of the molecule is CCSC1=C(C#N)C(c2cccs2)C(C(=O)Nc2ccccc2C)=C(C)N1. The lowest BCUT2D eigenvalue weighted by atomic mass is 9.86. The molecule has 2 aromatic rings. The Hall–Kier alpha value is -2.49. The molecule has 0 bridgehead atoms. The Morgan fingerprint density at radius 1 is 1.30 bits per heavy atom. The summed E-state index contributed by atoms with van der Waals surface area (Å²) in [5.74, 6) is 0.318. The van der Waals surface area contributed by atoms with Gasteiger partial charge in [0.2, 0.25) is 0 Å². The number of rotatable bonds is 5. The Labute approximate surface area is 168 Å². The zero-order valence-electron chi connectivity index (χ0n) is 15.5. The molecule has 0 radical (unpaired) electrons. The van der Waals surface area contributed by atoms with Crippen LogP contribution >= 0.6 is 23.1 Å². The third kappa shape index (κ3) is 3.95. The van der Waals surface area contributed by atoms with E-state index in [0.717, 1.165) is 32.6 Å². The van der Waals surface area contributed by atoms with Crippen molar-refractivity contribution in [1.29, 1.82) is 5.26 Å². The molecule has 0 saturated heterocycles. The normalized spacial score (nSPS) is 16.7. The van der Waals surface area contributed by atoms with Crippen molar-refractivity contribution >= 4 is 34.7 Å². The molecule has 0 aliphatic carbocycles. The number of nitrogens with zero attached hydrogens (tertiary/aromatic N) is 1. The fourth-order valence-electron chi connectivity index (χ4n) is 3.11. The first-order chi connectivity index (χ1) is 13.1. The Balaban J connectivity index is 2.04. The summed E-state index contributed by atoms with van der Waals surface area (Å²) in [5, 5.41) is 19.0. The Morgan fingerprint density at radius 3 is 2.70 bits per heavy atom. The largest absolute Gasteiger partial charge is 0.353 e. The minimum absolute atomic E-state index is 0.180. The number of thioether (sulfide) groups is 1. The van der Waals surface area contributed by atoms with Crippen LogP contribution in [-0.2, 0) is 4.79 Å². The molecule has 1 aromatic carbocycles. The van der Waals surface area contributed by atoms with Gasteiger partial charge in [0.05, 0.1) is 22.6 Å². The van der Waals surface area contributed by atoms with Gasteiger partial charge in [-0.2, -0.15) is 5.26 Å². The molecule has 1 unspecified atom stereocenters. The summed E-state index contributed by atoms with van der Waals surface area (Å²) in [6, 6.07) is 14.0. The molecule has 1 aliphatic heterocycles. The van der Waals surface area contributed by atoms with Gasteiger partial charge in [0.1, 0.15) is 0 Å². The van der Waals surface area contributed by atoms with E-state index in [0.29, 0.717) is 11.1 Å². The third-order valence-electron chi connectivity index (χ3n) is 4.40. The predicted molar refractivity (Wildman–Crippen MR) is 113 cm³/mol. The van der Waals surface area contributed by atoms with Crippen LogP contribution in [0.5, 0.6) is 0 Å². The molecule has 1 atom stereocenters. The number of para-hydroxylation sites is 1. The molecule has 2 N–H and O–H groups in total. The molecular formula is C21H21N3OS2. The average Bonchev–Trinajstić information content (AvgIpc) is 3.17. The topological polar surface area (TPSA) is 64.9 Å². The monoisotopic (exact) mass is 395 g/mol. The summed E-state index contributed by atoms with van der Waals surface area (Å²) < 4.78 is 0. The quantitative estimate of drug-likeness (QED) is 0.735. The van der Waals surface area contributed by atoms with Crippen molar-refractivity contribution in [2.75, 3.05) is 11.1 Å². The molecule has 6 heteroatoms. The first-order valence-corrected chi connectivity index (χ1v) is 10.6. The Kier molecular flexibility index (Phi) is 6.04. The molecule has 2 heterocycles. The lowest BCUT2D eigenvalue weighted by Gasteiger charge is -2.29. The van der Waals surface area contributed by atoms with Gasteiger partial charge in [0, 0.05) is 21.8 Å². The van der Waals surface area contributed by atoms with Gasteiger partial charge in [0.25, 0.3) is 5.91 Å². The number of hydrogen-bond acceptors (Lipinski definition) is 5. The summed E-state index contributed by atoms with van der Waals surface area (Å²) >= 11 is 3.16. The zero-order chi connectivity index (χ0) is 19.4. The van der Waals surface area contributed by atoms with Crippen LogP contribution in [0.25, 0.3) is 0 Å². The van der Waals surface area contributed by atoms with Gasteiger partial charge in [-0.1, -0.05) is 31.2 Å². The van der Waals surface area contributed by atoms with E-state index in [1.165, 1.54) is 0 Å². The minimum atomic E-state index is -0.352. The van der Waals surface area contributed by atoms with E-state index in [1.807, 2.05) is 62.5 Å². The van der Waals surface area contributed by atoms with Crippen LogP contribution < -0.4 is 10.6 Å². The molecular weight excluding hydrogens is 374 g/mol. The van der Waals surface area contributed by atoms with Crippen LogP contribution in [0.3, 0.4) is 0 Å². The Bertz CT molecular complexity index is 952. The number of thiophene rings is 1. The highest BCUT2D eigenvalue weighted by Gasteiger charge is 2.35. The second kappa shape index (κ2) is 8.47. The number of aryl methyl sites for hydroxylation is 1. The van der Waals surface area contributed by atoms with Gasteiger partial charge < -0.3 is 10.6 Å². The molecule has 0 fully saturated rings. The maximum Gasteiger partial charge on any atom is 0.254 e. The number of amides is 1. The summed E-state index contributed by atoms with van der Waals surface area (Å²) in [4.78, 5) is 14.2. The van der Waals surface area contributed by atoms with E-state index >= 15 is 0 Å². The molecule has 27 heavy (non-hydrogen) atoms. The van der Waals surface area contributed by atoms with Crippen LogP contribution in [0.15, 0.2) is 63.7 Å². The van der Waals surface area contributed by atoms with E-state index in [9.17, 15) is 10.1 Å². The van der Waals surface area contributed by atoms with Crippen molar-refractivity contribution < 1.29 is 4.79 Å². The van der Waals surface area contributed by atoms with E-state index in [2.05, 4.69) is 16.7 Å². The number of allylic oxidation sites excluding steroid dienone is 2. The van der Waals surface area contributed by atoms with Gasteiger partial charge in [-0.25, -0.2) is 0 Å². The highest BCUT2D eigenvalue weighted by Crippen LogP contribution is 2.42. The molecule has 1 aromatic heterocycles. The highest BCUT2D eigenvalue weighted by atomic mass is 32.2. The number of nitrogens with one attached hydrogen (secondary N) is 2. The Morgan fingerprint density at radius 2 is 2.07 bits per heavy atom. The number of benzene rings is 1. The van der Waals surface area contributed by atoms with Crippen molar-refractivity contribution in [2.45, 2.75) is 26.7 Å². The summed E-state index contributed by atoms with van der Waals surface area (Å²) in [7, 11) is 0. The second-order valence-corrected chi connectivity index (χ2v) is 8.42. The number of nitriles is 1. The molecule has 4 nitrogen and oxygen atoms in total. The van der Waals surface area contributed by atoms with Crippen molar-refractivity contribution in [3.05, 3.63) is 74.1 Å². The number of anilines is 1. The maximum atomic E-state index is 13.2. The van der Waals surface area contributed by atoms with Crippen LogP contribution in [0.1, 0.15) is 30.2 Å². The van der Waals surface area contributed by atoms with Crippen LogP contribution in [-0.4, -0.2) is 11.7 Å². The molecule has 3 rings (SSSR count). The van der Waals surface area contributed by atoms with Crippen LogP contribution in [0.4, 0.5) is 5.69 Å². The van der Waals surface area contributed by atoms with Gasteiger partial charge in [-0.3, -0.25) is 4.79 Å². The standard InChI is InChI=1S/C21H21N3OS2/c1-4-26-21-15(12-22)19(17-10-7-11-27-17)18(14(3)23-21)20(25)24-16-9-6-5-8-13(16)2/h5-11,19,23H,4H2,1-3H3,(H,24,25). The highest BCUT2D eigenvalue weighted by molar-refractivity contribution is 8.03. The first-order valence-electron chi connectivity index (χ1n) is 8.72. The number of hydrogen-bond donors (Lipinski definition) is 2. The molecule has 1 aliphatic rings. The summed E-state index contributed by atoms with van der Waals surface area (Å²) in [6.45, 7) is 5.91. The van der Waals surface area contributed by atoms with Crippen molar-refractivity contribution in [3.63, 3.8) is 0 Å². The smallest absolute Gasteiger partial charge is 0.254 e. The molecule has 1 amide bonds. The minimum Gasteiger partial charge on any atom is -0.353 e. The van der Waals surface area contributed by atoms with Gasteiger partial charge in [-0.15, -0.1) is 23.1 Å². The van der Waals surface area contributed by atoms with E-state index in [4.69, 9.17) is 0 Å². The zero-order valence-corrected chi connectivity index (χ0v) is 17.1. The third-order valence-corrected chi connectivity index (χ3v) is 6.24. The van der Waals surface area contributed by atoms with Crippen molar-refractivity contribution in [2.24, 2.45) is 0 Å². The van der Waals surface area contributed by atoms with Crippen molar-refractivity contribution in [1.82, 2.24) is 5.32 Å². The van der Waals surface area contributed by atoms with Crippen LogP contribution in [0.2, 0.25) is 0 Å². The van der Waals surface area contributed by atoms with Crippen LogP contribution in [0, 0.1) is 18.3 Å². The number of dihydropyridines is 1. The molecule has 0 spiro atoms. The first kappa shape index (κ1) is 19.3. The van der Waals surface area contributed by atoms with Gasteiger partial charge in [-0.05, 0) is 42.7 Å².